The number of aliphatic imine (C=N–C) groups is 1. The minimum absolute atomic E-state index is 0. The van der Waals surface area contributed by atoms with Crippen LogP contribution >= 0.6 is 28.7 Å². The van der Waals surface area contributed by atoms with E-state index in [2.05, 4.69) is 70.6 Å². The molecular weight excluding hydrogens is 344 g/mol. The number of amidine groups is 1. The van der Waals surface area contributed by atoms with Crippen LogP contribution in [0.1, 0.15) is 11.1 Å². The molecule has 0 radical (unpaired) electrons. The van der Waals surface area contributed by atoms with E-state index in [1.54, 1.807) is 0 Å². The van der Waals surface area contributed by atoms with Crippen molar-refractivity contribution in [2.75, 3.05) is 12.3 Å². The van der Waals surface area contributed by atoms with Crippen LogP contribution < -0.4 is 0 Å². The van der Waals surface area contributed by atoms with E-state index in [9.17, 15) is 0 Å². The second kappa shape index (κ2) is 8.25. The van der Waals surface area contributed by atoms with Crippen molar-refractivity contribution >= 4 is 33.9 Å². The van der Waals surface area contributed by atoms with Gasteiger partial charge in [-0.05, 0) is 11.1 Å². The molecule has 0 N–H and O–H groups in total. The maximum Gasteiger partial charge on any atom is 0.159 e. The van der Waals surface area contributed by atoms with Crippen LogP contribution in [0, 0.1) is 0 Å². The SMILES string of the molecule is Br.c1ccc(CN(Cc2ccccc2)C2=NCCS2)cc1. The fourth-order valence-electron chi connectivity index (χ4n) is 2.31. The highest BCUT2D eigenvalue weighted by molar-refractivity contribution is 8.93. The van der Waals surface area contributed by atoms with Gasteiger partial charge >= 0.3 is 0 Å². The number of benzene rings is 2. The molecule has 3 rings (SSSR count). The molecule has 4 heteroatoms. The van der Waals surface area contributed by atoms with Crippen molar-refractivity contribution in [1.29, 1.82) is 0 Å². The van der Waals surface area contributed by atoms with E-state index in [-0.39, 0.29) is 17.0 Å². The van der Waals surface area contributed by atoms with Crippen molar-refractivity contribution in [1.82, 2.24) is 4.90 Å². The minimum Gasteiger partial charge on any atom is -0.343 e. The lowest BCUT2D eigenvalue weighted by Gasteiger charge is -2.24. The van der Waals surface area contributed by atoms with Gasteiger partial charge in [-0.2, -0.15) is 0 Å². The Kier molecular flexibility index (Phi) is 6.33. The number of nitrogens with zero attached hydrogens (tertiary/aromatic N) is 2. The molecule has 0 saturated heterocycles. The second-order valence-corrected chi connectivity index (χ2v) is 5.90. The molecule has 0 unspecified atom stereocenters. The second-order valence-electron chi connectivity index (χ2n) is 4.84. The van der Waals surface area contributed by atoms with Gasteiger partial charge in [-0.3, -0.25) is 4.99 Å². The Hall–Kier alpha value is -1.26. The lowest BCUT2D eigenvalue weighted by Crippen LogP contribution is -2.27. The quantitative estimate of drug-likeness (QED) is 0.802. The van der Waals surface area contributed by atoms with Gasteiger partial charge in [0, 0.05) is 18.8 Å². The van der Waals surface area contributed by atoms with Gasteiger partial charge in [-0.15, -0.1) is 17.0 Å². The summed E-state index contributed by atoms with van der Waals surface area (Å²) < 4.78 is 0. The number of hydrogen-bond donors (Lipinski definition) is 0. The van der Waals surface area contributed by atoms with Crippen LogP contribution in [-0.2, 0) is 13.1 Å². The molecule has 0 atom stereocenters. The van der Waals surface area contributed by atoms with Crippen molar-refractivity contribution in [3.63, 3.8) is 0 Å². The fraction of sp³-hybridized carbons (Fsp3) is 0.235. The Morgan fingerprint density at radius 1 is 0.857 bits per heavy atom. The predicted octanol–water partition coefficient (Wildman–Crippen LogP) is 4.37. The van der Waals surface area contributed by atoms with Gasteiger partial charge in [-0.25, -0.2) is 0 Å². The van der Waals surface area contributed by atoms with Gasteiger partial charge in [0.2, 0.25) is 0 Å². The fourth-order valence-corrected chi connectivity index (χ4v) is 3.17. The van der Waals surface area contributed by atoms with E-state index in [0.717, 1.165) is 25.4 Å². The van der Waals surface area contributed by atoms with Crippen molar-refractivity contribution < 1.29 is 0 Å². The third-order valence-corrected chi connectivity index (χ3v) is 4.30. The van der Waals surface area contributed by atoms with Gasteiger partial charge in [0.05, 0.1) is 6.54 Å². The normalized spacial score (nSPS) is 13.4. The summed E-state index contributed by atoms with van der Waals surface area (Å²) in [5.74, 6) is 1.11. The van der Waals surface area contributed by atoms with Crippen LogP contribution in [0.3, 0.4) is 0 Å². The van der Waals surface area contributed by atoms with E-state index in [4.69, 9.17) is 0 Å². The van der Waals surface area contributed by atoms with E-state index in [1.165, 1.54) is 16.3 Å². The standard InChI is InChI=1S/C17H18N2S.BrH/c1-3-7-15(8-4-1)13-19(17-18-11-12-20-17)14-16-9-5-2-6-10-16;/h1-10H,11-14H2;1H. The molecule has 0 fully saturated rings. The molecule has 0 amide bonds. The van der Waals surface area contributed by atoms with Crippen molar-refractivity contribution in [3.8, 4) is 0 Å². The van der Waals surface area contributed by atoms with Gasteiger partial charge in [-0.1, -0.05) is 72.4 Å². The van der Waals surface area contributed by atoms with E-state index < -0.39 is 0 Å². The first-order chi connectivity index (χ1) is 9.92. The minimum atomic E-state index is 0. The molecular formula is C17H19BrN2S. The summed E-state index contributed by atoms with van der Waals surface area (Å²) in [4.78, 5) is 7.01. The molecule has 2 nitrogen and oxygen atoms in total. The highest BCUT2D eigenvalue weighted by Crippen LogP contribution is 2.20. The van der Waals surface area contributed by atoms with Crippen LogP contribution in [0.4, 0.5) is 0 Å². The zero-order chi connectivity index (χ0) is 13.6. The summed E-state index contributed by atoms with van der Waals surface area (Å²) >= 11 is 1.86. The lowest BCUT2D eigenvalue weighted by molar-refractivity contribution is 0.414. The largest absolute Gasteiger partial charge is 0.343 e. The molecule has 0 spiro atoms. The molecule has 1 aliphatic heterocycles. The Morgan fingerprint density at radius 2 is 1.38 bits per heavy atom. The maximum atomic E-state index is 4.63. The molecule has 0 bridgehead atoms. The van der Waals surface area contributed by atoms with Gasteiger partial charge in [0.1, 0.15) is 0 Å². The predicted molar refractivity (Wildman–Crippen MR) is 97.2 cm³/mol. The molecule has 0 aliphatic carbocycles. The number of rotatable bonds is 4. The van der Waals surface area contributed by atoms with Crippen LogP contribution in [0.5, 0.6) is 0 Å². The van der Waals surface area contributed by atoms with E-state index in [1.807, 2.05) is 11.8 Å². The molecule has 110 valence electrons. The Balaban J connectivity index is 0.00000161. The van der Waals surface area contributed by atoms with Crippen molar-refractivity contribution in [3.05, 3.63) is 71.8 Å². The first-order valence-corrected chi connectivity index (χ1v) is 7.90. The summed E-state index contributed by atoms with van der Waals surface area (Å²) in [5, 5.41) is 1.18. The molecule has 1 heterocycles. The smallest absolute Gasteiger partial charge is 0.159 e. The average Bonchev–Trinajstić information content (AvgIpc) is 3.03. The summed E-state index contributed by atoms with van der Waals surface area (Å²) in [6, 6.07) is 21.2. The maximum absolute atomic E-state index is 4.63. The molecule has 2 aromatic rings. The third-order valence-electron chi connectivity index (χ3n) is 3.27. The van der Waals surface area contributed by atoms with E-state index >= 15 is 0 Å². The first kappa shape index (κ1) is 16.1. The van der Waals surface area contributed by atoms with Crippen LogP contribution in [0.25, 0.3) is 0 Å². The van der Waals surface area contributed by atoms with Crippen molar-refractivity contribution in [2.24, 2.45) is 4.99 Å². The molecule has 0 saturated carbocycles. The Labute approximate surface area is 141 Å². The summed E-state index contributed by atoms with van der Waals surface area (Å²) in [6.07, 6.45) is 0. The molecule has 1 aliphatic rings. The monoisotopic (exact) mass is 362 g/mol. The van der Waals surface area contributed by atoms with Gasteiger partial charge < -0.3 is 4.90 Å². The number of halogens is 1. The number of hydrogen-bond acceptors (Lipinski definition) is 3. The zero-order valence-corrected chi connectivity index (χ0v) is 14.3. The summed E-state index contributed by atoms with van der Waals surface area (Å²) in [5.41, 5.74) is 2.66. The van der Waals surface area contributed by atoms with Gasteiger partial charge in [0.25, 0.3) is 0 Å². The Morgan fingerprint density at radius 3 is 1.81 bits per heavy atom. The zero-order valence-electron chi connectivity index (χ0n) is 11.8. The molecule has 21 heavy (non-hydrogen) atoms. The lowest BCUT2D eigenvalue weighted by atomic mass is 10.2. The Bertz CT molecular complexity index is 530. The highest BCUT2D eigenvalue weighted by atomic mass is 79.9. The highest BCUT2D eigenvalue weighted by Gasteiger charge is 2.16. The van der Waals surface area contributed by atoms with E-state index in [0.29, 0.717) is 0 Å². The van der Waals surface area contributed by atoms with Crippen LogP contribution in [-0.4, -0.2) is 22.4 Å². The number of thioether (sulfide) groups is 1. The molecule has 0 aromatic heterocycles. The summed E-state index contributed by atoms with van der Waals surface area (Å²) in [7, 11) is 0. The average molecular weight is 363 g/mol. The first-order valence-electron chi connectivity index (χ1n) is 6.92. The molecule has 2 aromatic carbocycles. The van der Waals surface area contributed by atoms with Crippen LogP contribution in [0.2, 0.25) is 0 Å². The third kappa shape index (κ3) is 4.61. The topological polar surface area (TPSA) is 15.6 Å². The summed E-state index contributed by atoms with van der Waals surface area (Å²) in [6.45, 7) is 2.78. The van der Waals surface area contributed by atoms with Gasteiger partial charge in [0.15, 0.2) is 5.17 Å². The van der Waals surface area contributed by atoms with Crippen molar-refractivity contribution in [2.45, 2.75) is 13.1 Å². The van der Waals surface area contributed by atoms with Crippen LogP contribution in [0.15, 0.2) is 65.7 Å².